The lowest BCUT2D eigenvalue weighted by atomic mass is 10.2. The van der Waals surface area contributed by atoms with Crippen molar-refractivity contribution in [3.63, 3.8) is 0 Å². The van der Waals surface area contributed by atoms with E-state index in [4.69, 9.17) is 42.6 Å². The molecule has 690 valence electrons. The summed E-state index contributed by atoms with van der Waals surface area (Å²) >= 11 is 0. The molecule has 2 atom stereocenters. The molecule has 0 fully saturated rings. The van der Waals surface area contributed by atoms with Crippen LogP contribution in [-0.4, -0.2) is 225 Å². The van der Waals surface area contributed by atoms with Crippen LogP contribution in [0.2, 0.25) is 0 Å². The van der Waals surface area contributed by atoms with E-state index in [-0.39, 0.29) is 97.3 Å². The molecule has 0 aromatic rings. The van der Waals surface area contributed by atoms with E-state index in [1.807, 2.05) is 0 Å². The maximum Gasteiger partial charge on any atom is 0.331 e. The molecule has 0 aliphatic heterocycles. The number of hydrogen-bond donors (Lipinski definition) is 0. The highest BCUT2D eigenvalue weighted by molar-refractivity contribution is 5.87. The first-order valence-corrected chi connectivity index (χ1v) is 37.0. The second-order valence-electron chi connectivity index (χ2n) is 21.5. The lowest BCUT2D eigenvalue weighted by Crippen LogP contribution is -2.20. The number of hydrogen-bond acceptors (Lipinski definition) is 36. The Morgan fingerprint density at radius 1 is 0.232 bits per heavy atom. The molecule has 0 saturated heterocycles. The molecule has 0 bridgehead atoms. The summed E-state index contributed by atoms with van der Waals surface area (Å²) in [5, 5.41) is 0. The summed E-state index contributed by atoms with van der Waals surface area (Å²) in [6, 6.07) is 0. The van der Waals surface area contributed by atoms with E-state index in [9.17, 15) is 86.3 Å². The van der Waals surface area contributed by atoms with Crippen molar-refractivity contribution in [3.05, 3.63) is 239 Å². The molecule has 36 nitrogen and oxygen atoms in total. The summed E-state index contributed by atoms with van der Waals surface area (Å²) in [6.07, 6.45) is 28.8. The first-order valence-electron chi connectivity index (χ1n) is 37.0. The van der Waals surface area contributed by atoms with Gasteiger partial charge in [0.25, 0.3) is 0 Å². The number of carbonyl (C=O) groups is 18. The minimum atomic E-state index is -0.540. The number of rotatable bonds is 54. The predicted molar refractivity (Wildman–Crippen MR) is 458 cm³/mol. The molecule has 0 spiro atoms. The third kappa shape index (κ3) is 115. The maximum atomic E-state index is 10.7. The molecule has 0 rings (SSSR count). The lowest BCUT2D eigenvalue weighted by molar-refractivity contribution is -0.151. The summed E-state index contributed by atoms with van der Waals surface area (Å²) in [4.78, 5) is 190. The van der Waals surface area contributed by atoms with E-state index in [0.29, 0.717) is 58.5 Å². The second-order valence-corrected chi connectivity index (χ2v) is 21.5. The van der Waals surface area contributed by atoms with Crippen LogP contribution in [0.1, 0.15) is 79.1 Å². The normalized spacial score (nSPS) is 9.45. The maximum absolute atomic E-state index is 10.7. The van der Waals surface area contributed by atoms with Gasteiger partial charge in [0.1, 0.15) is 45.2 Å². The largest absolute Gasteiger partial charge is 0.463 e. The minimum Gasteiger partial charge on any atom is -0.463 e. The second kappa shape index (κ2) is 99.6. The highest BCUT2D eigenvalue weighted by atomic mass is 16.6. The smallest absolute Gasteiger partial charge is 0.331 e. The van der Waals surface area contributed by atoms with E-state index in [1.54, 1.807) is 52.0 Å². The number of carbonyl (C=O) groups excluding carboxylic acids is 18. The molecule has 0 radical (unpaired) electrons. The molecule has 0 amide bonds. The van der Waals surface area contributed by atoms with Gasteiger partial charge in [-0.05, 0) is 70.3 Å². The monoisotopic (exact) mass is 1760 g/mol. The Morgan fingerprint density at radius 2 is 0.440 bits per heavy atom. The summed E-state index contributed by atoms with van der Waals surface area (Å²) in [5.41, 5.74) is 0. The highest BCUT2D eigenvalue weighted by Gasteiger charge is 2.11. The molecule has 125 heavy (non-hydrogen) atoms. The zero-order valence-corrected chi connectivity index (χ0v) is 71.5. The van der Waals surface area contributed by atoms with Gasteiger partial charge in [-0.15, -0.1) is 0 Å². The summed E-state index contributed by atoms with van der Waals surface area (Å²) in [5.74, 6) is -3.42. The zero-order chi connectivity index (χ0) is 97.1. The molecule has 0 N–H and O–H groups in total. The predicted octanol–water partition coefficient (Wildman–Crippen LogP) is 9.49. The van der Waals surface area contributed by atoms with Crippen molar-refractivity contribution in [2.24, 2.45) is 5.92 Å². The van der Waals surface area contributed by atoms with Crippen molar-refractivity contribution < 1.29 is 172 Å². The molecular formula is C89H118O36. The van der Waals surface area contributed by atoms with Crippen LogP contribution in [0.5, 0.6) is 0 Å². The van der Waals surface area contributed by atoms with Crippen molar-refractivity contribution in [3.8, 4) is 11.8 Å². The van der Waals surface area contributed by atoms with Crippen molar-refractivity contribution in [1.29, 1.82) is 0 Å². The molecule has 0 saturated carbocycles. The van der Waals surface area contributed by atoms with E-state index < -0.39 is 108 Å². The summed E-state index contributed by atoms with van der Waals surface area (Å²) in [6.45, 7) is 64.9. The average Bonchev–Trinajstić information content (AvgIpc) is 0.994. The summed E-state index contributed by atoms with van der Waals surface area (Å²) < 4.78 is 84.3. The SMILES string of the molecule is C=CC(=O)OC/C=C/COC(=O)C=C.C=CC(=O)OC/C=C\COC(=O)C=C.C=CC(=O)OCC#CCOC(=O)CC.C=CC(=O)OCC(C)COC(=O)C=C.C=CC(=O)OCC(C)OC(=O)C=C.C=CC(=O)OCCC(C)OC(=O)C=C.C=CC(=O)OCCCCCOC(=O)C=C.C=CC(=O)OCCCCOC(=O)C=C.C=CC(=O)OCCCOC(=O)C=C. The van der Waals surface area contributed by atoms with Gasteiger partial charge in [0.15, 0.2) is 13.2 Å². The van der Waals surface area contributed by atoms with E-state index in [0.717, 1.165) is 123 Å². The van der Waals surface area contributed by atoms with Crippen molar-refractivity contribution in [1.82, 2.24) is 0 Å². The van der Waals surface area contributed by atoms with Gasteiger partial charge in [0.05, 0.1) is 59.5 Å². The first-order chi connectivity index (χ1) is 59.5. The molecule has 2 unspecified atom stereocenters. The van der Waals surface area contributed by atoms with Gasteiger partial charge < -0.3 is 85.3 Å². The van der Waals surface area contributed by atoms with Crippen LogP contribution in [0.15, 0.2) is 239 Å². The van der Waals surface area contributed by atoms with Crippen molar-refractivity contribution in [2.75, 3.05) is 106 Å². The van der Waals surface area contributed by atoms with Crippen LogP contribution >= 0.6 is 0 Å². The van der Waals surface area contributed by atoms with Gasteiger partial charge >= 0.3 is 107 Å². The first kappa shape index (κ1) is 128. The van der Waals surface area contributed by atoms with E-state index in [2.05, 4.69) is 166 Å². The molecular weight excluding hydrogens is 1640 g/mol. The fraction of sp³-hybridized carbons (Fsp3) is 0.348. The van der Waals surface area contributed by atoms with Crippen LogP contribution in [-0.2, 0) is 172 Å². The molecule has 0 aliphatic rings. The Kier molecular flexibility index (Phi) is 102. The Morgan fingerprint density at radius 3 is 0.704 bits per heavy atom. The van der Waals surface area contributed by atoms with E-state index in [1.165, 1.54) is 0 Å². The van der Waals surface area contributed by atoms with Crippen LogP contribution in [0.4, 0.5) is 0 Å². The van der Waals surface area contributed by atoms with Gasteiger partial charge in [-0.25, -0.2) is 81.5 Å². The number of ether oxygens (including phenoxy) is 18. The van der Waals surface area contributed by atoms with Crippen LogP contribution < -0.4 is 0 Å². The third-order valence-electron chi connectivity index (χ3n) is 11.4. The molecule has 0 heterocycles. The highest BCUT2D eigenvalue weighted by Crippen LogP contribution is 2.03. The Bertz CT molecular complexity index is 3370. The van der Waals surface area contributed by atoms with Gasteiger partial charge in [0, 0.05) is 128 Å². The summed E-state index contributed by atoms with van der Waals surface area (Å²) in [7, 11) is 0. The van der Waals surface area contributed by atoms with Crippen LogP contribution in [0.25, 0.3) is 0 Å². The lowest BCUT2D eigenvalue weighted by Gasteiger charge is -2.11. The van der Waals surface area contributed by atoms with Crippen molar-refractivity contribution >= 4 is 107 Å². The fourth-order valence-corrected chi connectivity index (χ4v) is 5.39. The Hall–Kier alpha value is -14.9. The Balaban J connectivity index is -0.000000173. The number of esters is 18. The fourth-order valence-electron chi connectivity index (χ4n) is 5.39. The minimum absolute atomic E-state index is 0.0183. The van der Waals surface area contributed by atoms with E-state index >= 15 is 0 Å². The topological polar surface area (TPSA) is 473 Å². The van der Waals surface area contributed by atoms with Crippen molar-refractivity contribution in [2.45, 2.75) is 91.3 Å². The quantitative estimate of drug-likeness (QED) is 0.0136. The standard InChI is InChI=1S/C11H16O4.3C10H14O4.3C10H12O4.2C9H12O4/c1-3-10(12)14-8-6-5-7-9-15-11(13)4-2;1-4-9(11)13-6-8(3)7-14-10(12)5-2;1-4-9(11)13-7-6-8(3)14-10(12)5-2;4*1-3-9(11)13-7-5-6-8-14-10(12)4-2;1-4-8(10)12-6-7(3)13-9(11)5-2;1-3-8(10)12-6-5-7-13-9(11)4-2/h3-4H,1-2,5-9H2;2*4-5,8H,1-2,6-7H2,3H3;3-4H,1-2,5-8H2;3H,1,4,7-8H2,2H3;2*3-6H,1-2,7-8H2;4-5,7H,1-2,6H2,3H3;3-4H,1-2,5-7H2/b;;;;;6-5+;6-5-;;. The third-order valence-corrected chi connectivity index (χ3v) is 11.4. The van der Waals surface area contributed by atoms with Gasteiger partial charge in [-0.1, -0.05) is 138 Å². The van der Waals surface area contributed by atoms with Crippen LogP contribution in [0, 0.1) is 17.8 Å². The average molecular weight is 1760 g/mol. The molecule has 0 aliphatic carbocycles. The Labute approximate surface area is 730 Å². The zero-order valence-electron chi connectivity index (χ0n) is 71.5. The van der Waals surface area contributed by atoms with Gasteiger partial charge in [-0.3, -0.25) is 4.79 Å². The number of unbranched alkanes of at least 4 members (excludes halogenated alkanes) is 3. The molecule has 0 aromatic heterocycles. The molecule has 0 aromatic carbocycles. The van der Waals surface area contributed by atoms with Crippen LogP contribution in [0.3, 0.4) is 0 Å². The van der Waals surface area contributed by atoms with Gasteiger partial charge in [0.2, 0.25) is 0 Å². The van der Waals surface area contributed by atoms with Gasteiger partial charge in [-0.2, -0.15) is 0 Å². The molecule has 36 heteroatoms.